The van der Waals surface area contributed by atoms with Gasteiger partial charge in [0.05, 0.1) is 0 Å². The fourth-order valence-electron chi connectivity index (χ4n) is 3.30. The molecule has 1 aromatic heterocycles. The highest BCUT2D eigenvalue weighted by Crippen LogP contribution is 2.23. The molecule has 26 heavy (non-hydrogen) atoms. The molecule has 5 nitrogen and oxygen atoms in total. The van der Waals surface area contributed by atoms with Crippen LogP contribution < -0.4 is 4.90 Å². The van der Waals surface area contributed by atoms with Crippen molar-refractivity contribution in [3.63, 3.8) is 0 Å². The number of carbonyl (C=O) groups excluding carboxylic acids is 1. The lowest BCUT2D eigenvalue weighted by Crippen LogP contribution is -2.49. The first-order chi connectivity index (χ1) is 12.5. The Morgan fingerprint density at radius 2 is 1.77 bits per heavy atom. The Balaban J connectivity index is 1.72. The molecule has 1 aliphatic rings. The summed E-state index contributed by atoms with van der Waals surface area (Å²) in [5.41, 5.74) is 2.74. The Morgan fingerprint density at radius 1 is 1.04 bits per heavy atom. The van der Waals surface area contributed by atoms with Crippen molar-refractivity contribution in [1.29, 1.82) is 0 Å². The zero-order valence-electron chi connectivity index (χ0n) is 16.1. The molecule has 1 saturated heterocycles. The Morgan fingerprint density at radius 3 is 2.35 bits per heavy atom. The minimum Gasteiger partial charge on any atom is -0.354 e. The van der Waals surface area contributed by atoms with Crippen LogP contribution in [0.4, 0.5) is 5.82 Å². The summed E-state index contributed by atoms with van der Waals surface area (Å²) in [4.78, 5) is 23.3. The van der Waals surface area contributed by atoms with Gasteiger partial charge < -0.3 is 9.80 Å². The summed E-state index contributed by atoms with van der Waals surface area (Å²) in [6.07, 6.45) is 1.91. The van der Waals surface area contributed by atoms with E-state index in [1.165, 1.54) is 0 Å². The monoisotopic (exact) mass is 352 g/mol. The molecule has 138 valence electrons. The Hall–Kier alpha value is -2.40. The summed E-state index contributed by atoms with van der Waals surface area (Å²) in [6.45, 7) is 8.68. The molecular weight excluding hydrogens is 324 g/mol. The predicted molar refractivity (Wildman–Crippen MR) is 107 cm³/mol. The van der Waals surface area contributed by atoms with Crippen molar-refractivity contribution in [2.75, 3.05) is 45.2 Å². The minimum absolute atomic E-state index is 0.0134. The van der Waals surface area contributed by atoms with Gasteiger partial charge in [0, 0.05) is 63.6 Å². The molecule has 0 saturated carbocycles. The van der Waals surface area contributed by atoms with Crippen LogP contribution in [0.1, 0.15) is 24.2 Å². The van der Waals surface area contributed by atoms with Crippen LogP contribution in [-0.2, 0) is 0 Å². The molecule has 1 amide bonds. The molecule has 3 rings (SSSR count). The molecule has 0 unspecified atom stereocenters. The van der Waals surface area contributed by atoms with Crippen LogP contribution >= 0.6 is 0 Å². The van der Waals surface area contributed by atoms with E-state index in [4.69, 9.17) is 0 Å². The highest BCUT2D eigenvalue weighted by atomic mass is 16.2. The maximum atomic E-state index is 12.2. The molecule has 0 N–H and O–H groups in total. The number of hydrogen-bond donors (Lipinski definition) is 0. The number of pyridine rings is 1. The van der Waals surface area contributed by atoms with E-state index in [-0.39, 0.29) is 5.91 Å². The number of rotatable bonds is 4. The quantitative estimate of drug-likeness (QED) is 0.848. The maximum absolute atomic E-state index is 12.2. The number of aromatic nitrogens is 1. The van der Waals surface area contributed by atoms with E-state index >= 15 is 0 Å². The topological polar surface area (TPSA) is 39.7 Å². The third-order valence-electron chi connectivity index (χ3n) is 4.97. The van der Waals surface area contributed by atoms with E-state index in [2.05, 4.69) is 40.8 Å². The Kier molecular flexibility index (Phi) is 5.57. The second kappa shape index (κ2) is 7.87. The van der Waals surface area contributed by atoms with Gasteiger partial charge in [-0.15, -0.1) is 0 Å². The van der Waals surface area contributed by atoms with Crippen LogP contribution in [0.2, 0.25) is 0 Å². The van der Waals surface area contributed by atoms with Gasteiger partial charge in [0.1, 0.15) is 5.82 Å². The van der Waals surface area contributed by atoms with Crippen molar-refractivity contribution in [2.24, 2.45) is 0 Å². The first-order valence-electron chi connectivity index (χ1n) is 9.23. The first-order valence-corrected chi connectivity index (χ1v) is 9.23. The van der Waals surface area contributed by atoms with E-state index in [0.717, 1.165) is 43.1 Å². The Labute approximate surface area is 156 Å². The van der Waals surface area contributed by atoms with E-state index in [0.29, 0.717) is 11.6 Å². The molecule has 0 atom stereocenters. The SMILES string of the molecule is CC(C)N1CCN(c2ccc(-c3cccc(C(=O)N(C)C)c3)cn2)CC1. The highest BCUT2D eigenvalue weighted by Gasteiger charge is 2.19. The number of amides is 1. The lowest BCUT2D eigenvalue weighted by Gasteiger charge is -2.37. The van der Waals surface area contributed by atoms with Gasteiger partial charge in [0.15, 0.2) is 0 Å². The van der Waals surface area contributed by atoms with Crippen LogP contribution in [0.3, 0.4) is 0 Å². The molecule has 1 aliphatic heterocycles. The zero-order chi connectivity index (χ0) is 18.7. The molecule has 0 spiro atoms. The van der Waals surface area contributed by atoms with E-state index < -0.39 is 0 Å². The fourth-order valence-corrected chi connectivity index (χ4v) is 3.30. The molecule has 2 aromatic rings. The predicted octanol–water partition coefficient (Wildman–Crippen LogP) is 2.98. The summed E-state index contributed by atoms with van der Waals surface area (Å²) >= 11 is 0. The number of hydrogen-bond acceptors (Lipinski definition) is 4. The van der Waals surface area contributed by atoms with E-state index in [9.17, 15) is 4.79 Å². The smallest absolute Gasteiger partial charge is 0.253 e. The molecular formula is C21H28N4O. The molecule has 1 aromatic carbocycles. The fraction of sp³-hybridized carbons (Fsp3) is 0.429. The molecule has 0 aliphatic carbocycles. The number of piperazine rings is 1. The van der Waals surface area contributed by atoms with Crippen molar-refractivity contribution in [3.8, 4) is 11.1 Å². The molecule has 0 radical (unpaired) electrons. The summed E-state index contributed by atoms with van der Waals surface area (Å²) in [7, 11) is 3.54. The van der Waals surface area contributed by atoms with Gasteiger partial charge in [-0.3, -0.25) is 9.69 Å². The van der Waals surface area contributed by atoms with Gasteiger partial charge >= 0.3 is 0 Å². The van der Waals surface area contributed by atoms with Crippen LogP contribution in [0, 0.1) is 0 Å². The summed E-state index contributed by atoms with van der Waals surface area (Å²) in [5.74, 6) is 1.04. The van der Waals surface area contributed by atoms with Crippen LogP contribution in [0.15, 0.2) is 42.6 Å². The van der Waals surface area contributed by atoms with Gasteiger partial charge in [-0.05, 0) is 43.7 Å². The zero-order valence-corrected chi connectivity index (χ0v) is 16.1. The van der Waals surface area contributed by atoms with Crippen LogP contribution in [0.25, 0.3) is 11.1 Å². The largest absolute Gasteiger partial charge is 0.354 e. The lowest BCUT2D eigenvalue weighted by molar-refractivity contribution is 0.0827. The van der Waals surface area contributed by atoms with Gasteiger partial charge in [-0.2, -0.15) is 0 Å². The standard InChI is InChI=1S/C21H28N4O/c1-16(2)24-10-12-25(13-11-24)20-9-8-19(15-22-20)17-6-5-7-18(14-17)21(26)23(3)4/h5-9,14-16H,10-13H2,1-4H3. The van der Waals surface area contributed by atoms with E-state index in [1.54, 1.807) is 19.0 Å². The van der Waals surface area contributed by atoms with Gasteiger partial charge in [-0.25, -0.2) is 4.98 Å². The van der Waals surface area contributed by atoms with E-state index in [1.807, 2.05) is 30.5 Å². The van der Waals surface area contributed by atoms with Crippen LogP contribution in [0.5, 0.6) is 0 Å². The van der Waals surface area contributed by atoms with Crippen molar-refractivity contribution in [1.82, 2.24) is 14.8 Å². The van der Waals surface area contributed by atoms with Crippen molar-refractivity contribution >= 4 is 11.7 Å². The Bertz CT molecular complexity index is 747. The third kappa shape index (κ3) is 4.05. The van der Waals surface area contributed by atoms with Crippen molar-refractivity contribution < 1.29 is 4.79 Å². The average Bonchev–Trinajstić information content (AvgIpc) is 2.67. The lowest BCUT2D eigenvalue weighted by atomic mass is 10.0. The summed E-state index contributed by atoms with van der Waals surface area (Å²) in [5, 5.41) is 0. The molecule has 2 heterocycles. The number of nitrogens with zero attached hydrogens (tertiary/aromatic N) is 4. The number of benzene rings is 1. The number of anilines is 1. The highest BCUT2D eigenvalue weighted by molar-refractivity contribution is 5.95. The first kappa shape index (κ1) is 18.4. The summed E-state index contributed by atoms with van der Waals surface area (Å²) < 4.78 is 0. The summed E-state index contributed by atoms with van der Waals surface area (Å²) in [6, 6.07) is 12.5. The molecule has 1 fully saturated rings. The second-order valence-corrected chi connectivity index (χ2v) is 7.30. The van der Waals surface area contributed by atoms with Gasteiger partial charge in [0.2, 0.25) is 0 Å². The second-order valence-electron chi connectivity index (χ2n) is 7.30. The average molecular weight is 352 g/mol. The van der Waals surface area contributed by atoms with Crippen molar-refractivity contribution in [3.05, 3.63) is 48.2 Å². The number of carbonyl (C=O) groups is 1. The maximum Gasteiger partial charge on any atom is 0.253 e. The normalized spacial score (nSPS) is 15.3. The van der Waals surface area contributed by atoms with Gasteiger partial charge in [-0.1, -0.05) is 12.1 Å². The third-order valence-corrected chi connectivity index (χ3v) is 4.97. The van der Waals surface area contributed by atoms with Crippen molar-refractivity contribution in [2.45, 2.75) is 19.9 Å². The van der Waals surface area contributed by atoms with Crippen LogP contribution in [-0.4, -0.2) is 67.0 Å². The molecule has 5 heteroatoms. The molecule has 0 bridgehead atoms. The van der Waals surface area contributed by atoms with Gasteiger partial charge in [0.25, 0.3) is 5.91 Å². The minimum atomic E-state index is 0.0134.